The third-order valence-corrected chi connectivity index (χ3v) is 33.8. The van der Waals surface area contributed by atoms with Crippen molar-refractivity contribution in [2.24, 2.45) is 42.3 Å². The van der Waals surface area contributed by atoms with Crippen LogP contribution in [0.15, 0.2) is 154 Å². The number of aryl methyl sites for hydroxylation is 13. The summed E-state index contributed by atoms with van der Waals surface area (Å²) < 4.78 is 74.7. The Kier molecular flexibility index (Phi) is 26.7. The first-order chi connectivity index (χ1) is 69.3. The highest BCUT2D eigenvalue weighted by molar-refractivity contribution is 7.99. The van der Waals surface area contributed by atoms with Gasteiger partial charge in [0.25, 0.3) is 5.92 Å². The van der Waals surface area contributed by atoms with Gasteiger partial charge in [0, 0.05) is 200 Å². The Bertz CT molecular complexity index is 7990. The monoisotopic (exact) mass is 2060 g/mol. The zero-order chi connectivity index (χ0) is 98.5. The fraction of sp³-hybridized carbons (Fsp3) is 0.349. The molecule has 34 heteroatoms. The number of ether oxygens (including phenoxy) is 4. The molecule has 0 spiro atoms. The van der Waals surface area contributed by atoms with Crippen LogP contribution in [0, 0.1) is 0 Å². The van der Waals surface area contributed by atoms with Gasteiger partial charge in [-0.2, -0.15) is 30.6 Å². The molecule has 24 bridgehead atoms. The molecule has 15 heterocycles. The number of alkyl halides is 2. The van der Waals surface area contributed by atoms with Crippen LogP contribution in [0.4, 0.5) is 8.78 Å². The molecule has 25 nitrogen and oxygen atoms in total. The highest BCUT2D eigenvalue weighted by Crippen LogP contribution is 2.51. The molecule has 6 aliphatic heterocycles. The number of rotatable bonds is 3. The number of aromatic nitrogens is 15. The number of aromatic carboxylic acids is 3. The van der Waals surface area contributed by atoms with Crippen LogP contribution in [-0.4, -0.2) is 131 Å². The predicted octanol–water partition coefficient (Wildman–Crippen LogP) is 23.8. The molecule has 9 aromatic heterocycles. The number of hydrogen-bond acceptors (Lipinski definition) is 17. The van der Waals surface area contributed by atoms with E-state index in [0.29, 0.717) is 138 Å². The van der Waals surface area contributed by atoms with Crippen LogP contribution in [0.3, 0.4) is 0 Å². The summed E-state index contributed by atoms with van der Waals surface area (Å²) in [5, 5.41) is 68.5. The Morgan fingerprint density at radius 3 is 1.26 bits per heavy atom. The second-order valence-electron chi connectivity index (χ2n) is 38.0. The van der Waals surface area contributed by atoms with Gasteiger partial charge in [0.05, 0.1) is 112 Å². The normalized spacial score (nSPS) is 16.2. The van der Waals surface area contributed by atoms with Gasteiger partial charge in [-0.15, -0.1) is 47.0 Å². The zero-order valence-electron chi connectivity index (χ0n) is 80.1. The molecule has 0 saturated carbocycles. The van der Waals surface area contributed by atoms with E-state index < -0.39 is 36.7 Å². The second-order valence-corrected chi connectivity index (χ2v) is 43.4. The van der Waals surface area contributed by atoms with Crippen LogP contribution >= 0.6 is 81.9 Å². The van der Waals surface area contributed by atoms with E-state index in [2.05, 4.69) is 69.1 Å². The van der Waals surface area contributed by atoms with Gasteiger partial charge < -0.3 is 48.0 Å². The van der Waals surface area contributed by atoms with E-state index in [-0.39, 0.29) is 23.7 Å². The van der Waals surface area contributed by atoms with Crippen molar-refractivity contribution >= 4 is 154 Å². The topological polar surface area (TPSA) is 271 Å². The summed E-state index contributed by atoms with van der Waals surface area (Å²) >= 11 is 28.0. The van der Waals surface area contributed by atoms with Gasteiger partial charge in [-0.05, 0) is 214 Å². The summed E-state index contributed by atoms with van der Waals surface area (Å²) in [6, 6.07) is 46.6. The third kappa shape index (κ3) is 18.4. The van der Waals surface area contributed by atoms with Crippen molar-refractivity contribution in [3.8, 4) is 50.6 Å². The lowest BCUT2D eigenvalue weighted by atomic mass is 9.91. The lowest BCUT2D eigenvalue weighted by molar-refractivity contribution is 0.000118. The molecule has 8 aromatic carbocycles. The van der Waals surface area contributed by atoms with E-state index >= 15 is 8.78 Å². The molecule has 0 fully saturated rings. The summed E-state index contributed by atoms with van der Waals surface area (Å²) in [6.45, 7) is 4.27. The Labute approximate surface area is 855 Å². The number of carbonyl (C=O) groups is 3. The molecule has 143 heavy (non-hydrogen) atoms. The maximum atomic E-state index is 16.1. The number of nitrogens with zero attached hydrogens (tertiary/aromatic N) is 15. The van der Waals surface area contributed by atoms with E-state index in [4.69, 9.17) is 79.2 Å². The van der Waals surface area contributed by atoms with Crippen molar-refractivity contribution in [1.82, 2.24) is 72.4 Å². The van der Waals surface area contributed by atoms with Crippen molar-refractivity contribution in [3.05, 3.63) is 268 Å². The first kappa shape index (κ1) is 95.9. The molecule has 3 N–H and O–H groups in total. The molecule has 0 radical (unpaired) electrons. The zero-order valence-corrected chi connectivity index (χ0v) is 85.7. The smallest absolute Gasteiger partial charge is 0.352 e. The van der Waals surface area contributed by atoms with E-state index in [0.717, 1.165) is 230 Å². The van der Waals surface area contributed by atoms with Gasteiger partial charge in [-0.25, -0.2) is 23.2 Å². The Balaban J connectivity index is 0.000000123. The molecule has 0 amide bonds. The summed E-state index contributed by atoms with van der Waals surface area (Å²) in [7, 11) is 11.2. The van der Waals surface area contributed by atoms with E-state index in [1.165, 1.54) is 40.3 Å². The van der Waals surface area contributed by atoms with Crippen molar-refractivity contribution < 1.29 is 57.4 Å². The van der Waals surface area contributed by atoms with Crippen molar-refractivity contribution in [3.63, 3.8) is 0 Å². The lowest BCUT2D eigenvalue weighted by Crippen LogP contribution is -2.24. The first-order valence-corrected chi connectivity index (χ1v) is 54.0. The number of carboxylic acid groups (broad SMARTS) is 3. The van der Waals surface area contributed by atoms with Gasteiger partial charge >= 0.3 is 17.9 Å². The Morgan fingerprint density at radius 2 is 0.769 bits per heavy atom. The Morgan fingerprint density at radius 1 is 0.371 bits per heavy atom. The maximum absolute atomic E-state index is 16.1. The molecule has 24 rings (SSSR count). The van der Waals surface area contributed by atoms with Gasteiger partial charge in [0.15, 0.2) is 0 Å². The molecular formula is C109H106Cl3F2N15O10S4. The minimum absolute atomic E-state index is 0.145. The predicted molar refractivity (Wildman–Crippen MR) is 560 cm³/mol. The quantitative estimate of drug-likeness (QED) is 0.148. The number of fused-ring (bicyclic) bond motifs is 30. The molecule has 7 aliphatic rings. The first-order valence-electron chi connectivity index (χ1n) is 48.7. The molecule has 0 atom stereocenters. The van der Waals surface area contributed by atoms with Gasteiger partial charge in [-0.1, -0.05) is 102 Å². The van der Waals surface area contributed by atoms with Crippen LogP contribution in [0.1, 0.15) is 179 Å². The fourth-order valence-electron chi connectivity index (χ4n) is 22.5. The summed E-state index contributed by atoms with van der Waals surface area (Å²) in [5.41, 5.74) is 23.4. The molecule has 0 unspecified atom stereocenters. The minimum Gasteiger partial charge on any atom is -0.493 e. The number of carboxylic acids is 3. The minimum atomic E-state index is -3.15. The number of hydrogen-bond donors (Lipinski definition) is 3. The summed E-state index contributed by atoms with van der Waals surface area (Å²) in [5.74, 6) is 0.0258. The van der Waals surface area contributed by atoms with E-state index in [1.54, 1.807) is 75.3 Å². The number of thioether (sulfide) groups is 4. The van der Waals surface area contributed by atoms with Crippen molar-refractivity contribution in [2.45, 2.75) is 198 Å². The van der Waals surface area contributed by atoms with Gasteiger partial charge in [-0.3, -0.25) is 28.1 Å². The van der Waals surface area contributed by atoms with Crippen LogP contribution in [-0.2, 0) is 173 Å². The van der Waals surface area contributed by atoms with Gasteiger partial charge in [0.1, 0.15) is 34.3 Å². The van der Waals surface area contributed by atoms with E-state index in [1.807, 2.05) is 131 Å². The average molecular weight is 2060 g/mol. The van der Waals surface area contributed by atoms with Crippen molar-refractivity contribution in [1.29, 1.82) is 0 Å². The third-order valence-electron chi connectivity index (χ3n) is 28.9. The molecule has 17 aromatic rings. The number of halogens is 5. The molecule has 0 saturated heterocycles. The van der Waals surface area contributed by atoms with Crippen LogP contribution in [0.2, 0.25) is 15.1 Å². The Hall–Kier alpha value is -11.9. The summed E-state index contributed by atoms with van der Waals surface area (Å²) in [6.07, 6.45) is 12.1. The van der Waals surface area contributed by atoms with E-state index in [9.17, 15) is 29.7 Å². The standard InChI is InChI=1S/C37H34ClF2N5O3S.C36H34ClN5O4S.C36H38ClN5O3S2/c1-43-34-27-11-12-28(38)32(34)33-29(42-45-13-5-10-30(33)45)19-37(39,40)18-22-16-23(44(2)41-22)20-49-24-15-21-7-3-4-8-25(21)31(17-24)48-14-6-9-26(27)35(43)36(46)47;1-40-34-27-11-12-28(37)32(34)33-29(39-42-13-5-10-30(33)42)19-45-18-22-16-23(41(2)38-22)20-47-24-15-21-7-3-4-8-25(21)31(17-24)46-14-6-9-26(27)35(40)36(43)44;1-40-34-27-11-12-28(37)32(34)33-29(39-42-13-5-10-30(33)42)20-46-18-22-16-23(41(2)38-22)19-47-24-15-21-7-3-4-8-25(21)31(17-24)45-14-6-9-26(27)35(40)36(43)44/h3-4,7-8,11-12,15-17H,5-6,9-10,13-14,18-20H2,1-2H3,(H,46,47);3-4,7-8,11-12,15-17H,5-6,9-10,13-14,18-20H2,1-2H3,(H,43,44);11-12,15-17H,3-10,13-14,18-20H2,1-2H3,(H,43,44). The largest absolute Gasteiger partial charge is 0.493 e. The SMILES string of the molecule is Cn1nc2cc1CSc1cc(c3ccccc3c1)OCCCc1c(C(=O)O)n(C)c3c(c(Cl)ccc13)-c1c(nn3c1CCC3)CC(F)(F)C2.Cn1nc2cc1CSc1cc(c3ccccc3c1)OCCCc1c(C(=O)O)n(C)c3c(c(Cl)ccc13)-c1c(nn3c1CCC3)COC2.Cn1nc2cc1CSc1cc3c(c(c1)OCCCc1c(C(=O)O)n(C)c4c(c(Cl)ccc14)-c1c(nn4c1CCC4)CSC2)CCCC3. The lowest BCUT2D eigenvalue weighted by Gasteiger charge is -2.21. The van der Waals surface area contributed by atoms with Gasteiger partial charge in [0.2, 0.25) is 0 Å². The van der Waals surface area contributed by atoms with Crippen molar-refractivity contribution in [2.75, 3.05) is 19.8 Å². The van der Waals surface area contributed by atoms with Crippen LogP contribution < -0.4 is 14.2 Å². The van der Waals surface area contributed by atoms with Crippen LogP contribution in [0.5, 0.6) is 17.2 Å². The highest BCUT2D eigenvalue weighted by Gasteiger charge is 2.40. The molecule has 1 aliphatic carbocycles. The molecule has 736 valence electrons. The number of benzene rings is 8. The summed E-state index contributed by atoms with van der Waals surface area (Å²) in [4.78, 5) is 41.7. The van der Waals surface area contributed by atoms with Crippen LogP contribution in [0.25, 0.3) is 87.6 Å². The highest BCUT2D eigenvalue weighted by atomic mass is 35.5. The maximum Gasteiger partial charge on any atom is 0.352 e. The average Bonchev–Trinajstić information content (AvgIpc) is 1.58. The molecular weight excluding hydrogens is 1950 g/mol. The fourth-order valence-corrected chi connectivity index (χ4v) is 27.1. The second kappa shape index (κ2) is 39.9.